The number of carbonyl (C=O) groups is 2. The molecule has 0 amide bonds. The lowest BCUT2D eigenvalue weighted by atomic mass is 9.86. The summed E-state index contributed by atoms with van der Waals surface area (Å²) in [5, 5.41) is 9.33. The van der Waals surface area contributed by atoms with Gasteiger partial charge < -0.3 is 10.0 Å². The Labute approximate surface area is 150 Å². The highest BCUT2D eigenvalue weighted by molar-refractivity contribution is 6.05. The van der Waals surface area contributed by atoms with Crippen LogP contribution in [0.15, 0.2) is 36.0 Å². The highest BCUT2D eigenvalue weighted by Crippen LogP contribution is 2.38. The largest absolute Gasteiger partial charge is 0.480 e. The van der Waals surface area contributed by atoms with Gasteiger partial charge in [0.1, 0.15) is 6.04 Å². The standard InChI is InChI=1S/C21H29NO3/c1-14(19(24)25)22-13-21(5,6)12-17(22)11-18(23)15-7-9-16(10-8-15)20(2,3)4/h7-11,14H,12-13H2,1-6H3,(H,24,25)/b17-11+. The van der Waals surface area contributed by atoms with Gasteiger partial charge in [0.25, 0.3) is 0 Å². The Morgan fingerprint density at radius 2 is 1.76 bits per heavy atom. The lowest BCUT2D eigenvalue weighted by molar-refractivity contribution is -0.141. The number of hydrogen-bond donors (Lipinski definition) is 1. The molecule has 1 aliphatic heterocycles. The number of ketones is 1. The van der Waals surface area contributed by atoms with Crippen molar-refractivity contribution in [2.75, 3.05) is 6.54 Å². The molecule has 1 fully saturated rings. The topological polar surface area (TPSA) is 57.6 Å². The molecule has 25 heavy (non-hydrogen) atoms. The SMILES string of the molecule is CC(C(=O)O)N1CC(C)(C)C/C1=C\C(=O)c1ccc(C(C)(C)C)cc1. The number of carboxylic acid groups (broad SMARTS) is 1. The van der Waals surface area contributed by atoms with Crippen molar-refractivity contribution >= 4 is 11.8 Å². The summed E-state index contributed by atoms with van der Waals surface area (Å²) < 4.78 is 0. The molecule has 0 aromatic heterocycles. The molecule has 136 valence electrons. The first-order valence-electron chi connectivity index (χ1n) is 8.76. The van der Waals surface area contributed by atoms with Crippen LogP contribution in [0, 0.1) is 5.41 Å². The summed E-state index contributed by atoms with van der Waals surface area (Å²) in [6.45, 7) is 12.9. The van der Waals surface area contributed by atoms with Crippen molar-refractivity contribution in [3.63, 3.8) is 0 Å². The van der Waals surface area contributed by atoms with Gasteiger partial charge >= 0.3 is 5.97 Å². The van der Waals surface area contributed by atoms with Gasteiger partial charge in [0.2, 0.25) is 0 Å². The van der Waals surface area contributed by atoms with E-state index in [1.54, 1.807) is 13.0 Å². The maximum absolute atomic E-state index is 12.7. The number of likely N-dealkylation sites (tertiary alicyclic amines) is 1. The maximum Gasteiger partial charge on any atom is 0.326 e. The number of carboxylic acids is 1. The van der Waals surface area contributed by atoms with Crippen LogP contribution in [0.4, 0.5) is 0 Å². The van der Waals surface area contributed by atoms with Crippen LogP contribution in [-0.4, -0.2) is 34.3 Å². The average molecular weight is 343 g/mol. The molecule has 1 atom stereocenters. The Morgan fingerprint density at radius 3 is 2.24 bits per heavy atom. The molecule has 2 rings (SSSR count). The molecule has 1 unspecified atom stereocenters. The van der Waals surface area contributed by atoms with E-state index in [0.717, 1.165) is 5.70 Å². The molecule has 0 saturated carbocycles. The highest BCUT2D eigenvalue weighted by atomic mass is 16.4. The molecule has 1 saturated heterocycles. The van der Waals surface area contributed by atoms with E-state index in [1.165, 1.54) is 5.56 Å². The normalized spacial score (nSPS) is 19.9. The summed E-state index contributed by atoms with van der Waals surface area (Å²) in [5.41, 5.74) is 2.63. The van der Waals surface area contributed by atoms with Gasteiger partial charge in [-0.1, -0.05) is 58.9 Å². The van der Waals surface area contributed by atoms with Gasteiger partial charge in [0.05, 0.1) is 0 Å². The van der Waals surface area contributed by atoms with Crippen molar-refractivity contribution in [2.45, 2.75) is 59.4 Å². The Balaban J connectivity index is 2.27. The van der Waals surface area contributed by atoms with Crippen LogP contribution in [0.5, 0.6) is 0 Å². The first-order chi connectivity index (χ1) is 11.4. The van der Waals surface area contributed by atoms with E-state index in [0.29, 0.717) is 18.5 Å². The monoisotopic (exact) mass is 343 g/mol. The van der Waals surface area contributed by atoms with Crippen molar-refractivity contribution in [3.8, 4) is 0 Å². The second-order valence-electron chi connectivity index (χ2n) is 8.81. The quantitative estimate of drug-likeness (QED) is 0.656. The van der Waals surface area contributed by atoms with Gasteiger partial charge in [0, 0.05) is 23.9 Å². The van der Waals surface area contributed by atoms with E-state index in [1.807, 2.05) is 29.2 Å². The maximum atomic E-state index is 12.7. The van der Waals surface area contributed by atoms with Crippen molar-refractivity contribution in [1.82, 2.24) is 4.90 Å². The third-order valence-electron chi connectivity index (χ3n) is 4.79. The van der Waals surface area contributed by atoms with Gasteiger partial charge in [-0.2, -0.15) is 0 Å². The van der Waals surface area contributed by atoms with Crippen molar-refractivity contribution in [1.29, 1.82) is 0 Å². The van der Waals surface area contributed by atoms with Gasteiger partial charge in [-0.15, -0.1) is 0 Å². The molecule has 1 aromatic rings. The van der Waals surface area contributed by atoms with E-state index < -0.39 is 12.0 Å². The Hall–Kier alpha value is -2.10. The molecule has 1 heterocycles. The number of nitrogens with zero attached hydrogens (tertiary/aromatic N) is 1. The molecular weight excluding hydrogens is 314 g/mol. The molecular formula is C21H29NO3. The lowest BCUT2D eigenvalue weighted by Crippen LogP contribution is -2.37. The smallest absolute Gasteiger partial charge is 0.326 e. The minimum Gasteiger partial charge on any atom is -0.480 e. The Kier molecular flexibility index (Phi) is 5.12. The third kappa shape index (κ3) is 4.50. The molecule has 0 spiro atoms. The first-order valence-corrected chi connectivity index (χ1v) is 8.76. The van der Waals surface area contributed by atoms with Crippen molar-refractivity contribution in [3.05, 3.63) is 47.2 Å². The zero-order valence-corrected chi connectivity index (χ0v) is 16.1. The number of hydrogen-bond acceptors (Lipinski definition) is 3. The van der Waals surface area contributed by atoms with Gasteiger partial charge in [0.15, 0.2) is 5.78 Å². The Morgan fingerprint density at radius 1 is 1.20 bits per heavy atom. The highest BCUT2D eigenvalue weighted by Gasteiger charge is 2.37. The summed E-state index contributed by atoms with van der Waals surface area (Å²) in [6, 6.07) is 7.05. The van der Waals surface area contributed by atoms with Crippen molar-refractivity contribution < 1.29 is 14.7 Å². The van der Waals surface area contributed by atoms with Crippen LogP contribution in [0.25, 0.3) is 0 Å². The van der Waals surface area contributed by atoms with Crippen LogP contribution in [0.3, 0.4) is 0 Å². The van der Waals surface area contributed by atoms with Gasteiger partial charge in [-0.25, -0.2) is 4.79 Å². The minimum absolute atomic E-state index is 0.0358. The van der Waals surface area contributed by atoms with Crippen LogP contribution < -0.4 is 0 Å². The molecule has 0 radical (unpaired) electrons. The van der Waals surface area contributed by atoms with E-state index in [4.69, 9.17) is 0 Å². The van der Waals surface area contributed by atoms with E-state index in [2.05, 4.69) is 34.6 Å². The van der Waals surface area contributed by atoms with Crippen LogP contribution >= 0.6 is 0 Å². The summed E-state index contributed by atoms with van der Waals surface area (Å²) in [4.78, 5) is 25.9. The number of carbonyl (C=O) groups excluding carboxylic acids is 1. The number of benzene rings is 1. The third-order valence-corrected chi connectivity index (χ3v) is 4.79. The van der Waals surface area contributed by atoms with Gasteiger partial charge in [-0.3, -0.25) is 4.79 Å². The fraction of sp³-hybridized carbons (Fsp3) is 0.524. The Bertz CT molecular complexity index is 693. The predicted octanol–water partition coefficient (Wildman–Crippen LogP) is 4.26. The van der Waals surface area contributed by atoms with Crippen LogP contribution in [0.1, 0.15) is 63.9 Å². The average Bonchev–Trinajstić information content (AvgIpc) is 2.80. The van der Waals surface area contributed by atoms with Crippen LogP contribution in [0.2, 0.25) is 0 Å². The summed E-state index contributed by atoms with van der Waals surface area (Å²) >= 11 is 0. The molecule has 0 bridgehead atoms. The fourth-order valence-corrected chi connectivity index (χ4v) is 3.23. The number of rotatable bonds is 4. The van der Waals surface area contributed by atoms with E-state index in [9.17, 15) is 14.7 Å². The van der Waals surface area contributed by atoms with Gasteiger partial charge in [-0.05, 0) is 29.7 Å². The lowest BCUT2D eigenvalue weighted by Gasteiger charge is -2.26. The molecule has 4 nitrogen and oxygen atoms in total. The fourth-order valence-electron chi connectivity index (χ4n) is 3.23. The molecule has 0 aliphatic carbocycles. The molecule has 1 aromatic carbocycles. The molecule has 4 heteroatoms. The summed E-state index contributed by atoms with van der Waals surface area (Å²) in [5.74, 6) is -0.943. The number of allylic oxidation sites excluding steroid dienone is 2. The summed E-state index contributed by atoms with van der Waals surface area (Å²) in [6.07, 6.45) is 2.32. The van der Waals surface area contributed by atoms with E-state index >= 15 is 0 Å². The predicted molar refractivity (Wildman–Crippen MR) is 99.8 cm³/mol. The second kappa shape index (κ2) is 6.66. The second-order valence-corrected chi connectivity index (χ2v) is 8.81. The first kappa shape index (κ1) is 19.2. The number of aliphatic carboxylic acids is 1. The minimum atomic E-state index is -0.870. The van der Waals surface area contributed by atoms with Crippen molar-refractivity contribution in [2.24, 2.45) is 5.41 Å². The zero-order chi connectivity index (χ0) is 19.0. The summed E-state index contributed by atoms with van der Waals surface area (Å²) in [7, 11) is 0. The van der Waals surface area contributed by atoms with E-state index in [-0.39, 0.29) is 16.6 Å². The molecule has 1 aliphatic rings. The van der Waals surface area contributed by atoms with Crippen LogP contribution in [-0.2, 0) is 10.2 Å². The molecule has 1 N–H and O–H groups in total. The zero-order valence-electron chi connectivity index (χ0n) is 16.1.